The predicted octanol–water partition coefficient (Wildman–Crippen LogP) is 2.21. The fourth-order valence-electron chi connectivity index (χ4n) is 2.33. The van der Waals surface area contributed by atoms with Crippen LogP contribution in [-0.2, 0) is 17.9 Å². The molecule has 1 aromatic heterocycles. The number of halogens is 1. The van der Waals surface area contributed by atoms with Gasteiger partial charge in [0.1, 0.15) is 12.1 Å². The van der Waals surface area contributed by atoms with Crippen molar-refractivity contribution in [3.8, 4) is 0 Å². The van der Waals surface area contributed by atoms with Crippen LogP contribution >= 0.6 is 15.9 Å². The van der Waals surface area contributed by atoms with E-state index in [4.69, 9.17) is 0 Å². The molecule has 0 bridgehead atoms. The third kappa shape index (κ3) is 3.51. The van der Waals surface area contributed by atoms with Crippen LogP contribution in [0.1, 0.15) is 5.56 Å². The van der Waals surface area contributed by atoms with Crippen LogP contribution in [0, 0.1) is 0 Å². The molecule has 0 spiro atoms. The Labute approximate surface area is 146 Å². The largest absolute Gasteiger partial charge is 0.340 e. The van der Waals surface area contributed by atoms with Gasteiger partial charge in [-0.15, -0.1) is 5.10 Å². The Bertz CT molecular complexity index is 937. The minimum atomic E-state index is -0.314. The fourth-order valence-corrected chi connectivity index (χ4v) is 2.59. The Hall–Kier alpha value is -2.54. The van der Waals surface area contributed by atoms with Gasteiger partial charge in [-0.25, -0.2) is 4.68 Å². The first-order valence-electron chi connectivity index (χ1n) is 7.35. The van der Waals surface area contributed by atoms with Crippen LogP contribution in [0.2, 0.25) is 0 Å². The molecule has 0 aliphatic carbocycles. The quantitative estimate of drug-likeness (QED) is 0.689. The van der Waals surface area contributed by atoms with Gasteiger partial charge >= 0.3 is 0 Å². The number of fused-ring (bicyclic) bond motifs is 1. The lowest BCUT2D eigenvalue weighted by Gasteiger charge is -2.17. The number of nitrogens with zero attached hydrogens (tertiary/aromatic N) is 4. The van der Waals surface area contributed by atoms with Crippen molar-refractivity contribution < 1.29 is 4.79 Å². The molecule has 0 N–H and O–H groups in total. The third-order valence-corrected chi connectivity index (χ3v) is 4.20. The van der Waals surface area contributed by atoms with Crippen LogP contribution in [0.15, 0.2) is 57.8 Å². The van der Waals surface area contributed by atoms with E-state index in [9.17, 15) is 9.59 Å². The monoisotopic (exact) mass is 386 g/mol. The van der Waals surface area contributed by atoms with Crippen LogP contribution in [0.4, 0.5) is 0 Å². The van der Waals surface area contributed by atoms with Gasteiger partial charge in [-0.2, -0.15) is 0 Å². The smallest absolute Gasteiger partial charge is 0.278 e. The number of benzene rings is 2. The highest BCUT2D eigenvalue weighted by Gasteiger charge is 2.13. The highest BCUT2D eigenvalue weighted by atomic mass is 79.9. The summed E-state index contributed by atoms with van der Waals surface area (Å²) in [6.45, 7) is 0.325. The molecule has 0 saturated heterocycles. The van der Waals surface area contributed by atoms with Gasteiger partial charge in [-0.3, -0.25) is 9.59 Å². The summed E-state index contributed by atoms with van der Waals surface area (Å²) in [5.74, 6) is -0.204. The van der Waals surface area contributed by atoms with Crippen LogP contribution in [0.3, 0.4) is 0 Å². The standard InChI is InChI=1S/C17H15BrN4O2/c1-21(10-12-6-8-13(18)9-7-12)16(23)11-22-17(24)14-4-2-3-5-15(14)19-20-22/h2-9H,10-11H2,1H3. The zero-order valence-electron chi connectivity index (χ0n) is 13.0. The van der Waals surface area contributed by atoms with Gasteiger partial charge in [0.25, 0.3) is 5.56 Å². The minimum absolute atomic E-state index is 0.135. The highest BCUT2D eigenvalue weighted by molar-refractivity contribution is 9.10. The van der Waals surface area contributed by atoms with Crippen molar-refractivity contribution in [2.75, 3.05) is 7.05 Å². The fraction of sp³-hybridized carbons (Fsp3) is 0.176. The molecule has 2 aromatic carbocycles. The Morgan fingerprint density at radius 2 is 1.88 bits per heavy atom. The molecule has 0 saturated carbocycles. The van der Waals surface area contributed by atoms with Gasteiger partial charge in [0.05, 0.1) is 5.39 Å². The van der Waals surface area contributed by atoms with E-state index >= 15 is 0 Å². The third-order valence-electron chi connectivity index (χ3n) is 3.67. The molecule has 1 heterocycles. The van der Waals surface area contributed by atoms with Crippen molar-refractivity contribution >= 4 is 32.7 Å². The number of amides is 1. The lowest BCUT2D eigenvalue weighted by Crippen LogP contribution is -2.35. The first-order chi connectivity index (χ1) is 11.5. The molecule has 0 fully saturated rings. The summed E-state index contributed by atoms with van der Waals surface area (Å²) in [7, 11) is 1.70. The maximum absolute atomic E-state index is 12.4. The molecule has 1 amide bonds. The summed E-state index contributed by atoms with van der Waals surface area (Å²) in [5, 5.41) is 8.29. The summed E-state index contributed by atoms with van der Waals surface area (Å²) in [6, 6.07) is 14.7. The summed E-state index contributed by atoms with van der Waals surface area (Å²) in [5.41, 5.74) is 1.21. The molecule has 122 valence electrons. The van der Waals surface area contributed by atoms with Crippen molar-refractivity contribution in [2.24, 2.45) is 0 Å². The van der Waals surface area contributed by atoms with Crippen LogP contribution < -0.4 is 5.56 Å². The minimum Gasteiger partial charge on any atom is -0.340 e. The van der Waals surface area contributed by atoms with Crippen LogP contribution in [-0.4, -0.2) is 32.8 Å². The molecule has 0 aliphatic rings. The Morgan fingerprint density at radius 3 is 2.62 bits per heavy atom. The van der Waals surface area contributed by atoms with Gasteiger partial charge in [-0.1, -0.05) is 45.4 Å². The summed E-state index contributed by atoms with van der Waals surface area (Å²) >= 11 is 3.38. The Morgan fingerprint density at radius 1 is 1.17 bits per heavy atom. The second-order valence-corrected chi connectivity index (χ2v) is 6.36. The van der Waals surface area contributed by atoms with E-state index in [0.717, 1.165) is 14.7 Å². The Kier molecular flexibility index (Phi) is 4.71. The van der Waals surface area contributed by atoms with E-state index in [1.54, 1.807) is 36.2 Å². The van der Waals surface area contributed by atoms with E-state index in [-0.39, 0.29) is 18.0 Å². The second kappa shape index (κ2) is 6.92. The van der Waals surface area contributed by atoms with Gasteiger partial charge in [0.15, 0.2) is 0 Å². The summed E-state index contributed by atoms with van der Waals surface area (Å²) in [4.78, 5) is 26.3. The lowest BCUT2D eigenvalue weighted by molar-refractivity contribution is -0.131. The number of hydrogen-bond acceptors (Lipinski definition) is 4. The van der Waals surface area contributed by atoms with Gasteiger partial charge in [0, 0.05) is 18.1 Å². The van der Waals surface area contributed by atoms with Crippen LogP contribution in [0.5, 0.6) is 0 Å². The molecular weight excluding hydrogens is 372 g/mol. The maximum Gasteiger partial charge on any atom is 0.278 e. The zero-order chi connectivity index (χ0) is 17.1. The Balaban J connectivity index is 1.75. The average Bonchev–Trinajstić information content (AvgIpc) is 2.59. The first-order valence-corrected chi connectivity index (χ1v) is 8.15. The lowest BCUT2D eigenvalue weighted by atomic mass is 10.2. The van der Waals surface area contributed by atoms with E-state index in [1.165, 1.54) is 0 Å². The first kappa shape index (κ1) is 16.3. The number of carbonyl (C=O) groups is 1. The molecule has 6 nitrogen and oxygen atoms in total. The summed E-state index contributed by atoms with van der Waals surface area (Å²) < 4.78 is 2.08. The number of carbonyl (C=O) groups excluding carboxylic acids is 1. The number of hydrogen-bond donors (Lipinski definition) is 0. The molecule has 7 heteroatoms. The van der Waals surface area contributed by atoms with Crippen molar-refractivity contribution in [1.29, 1.82) is 0 Å². The zero-order valence-corrected chi connectivity index (χ0v) is 14.6. The van der Waals surface area contributed by atoms with E-state index in [0.29, 0.717) is 17.4 Å². The van der Waals surface area contributed by atoms with Crippen molar-refractivity contribution in [2.45, 2.75) is 13.1 Å². The molecule has 0 aliphatic heterocycles. The van der Waals surface area contributed by atoms with Gasteiger partial charge in [0.2, 0.25) is 5.91 Å². The second-order valence-electron chi connectivity index (χ2n) is 5.45. The normalized spacial score (nSPS) is 10.8. The number of rotatable bonds is 4. The maximum atomic E-state index is 12.4. The molecule has 0 unspecified atom stereocenters. The topological polar surface area (TPSA) is 68.1 Å². The molecular formula is C17H15BrN4O2. The van der Waals surface area contributed by atoms with Crippen molar-refractivity contribution in [3.05, 3.63) is 68.9 Å². The van der Waals surface area contributed by atoms with Crippen molar-refractivity contribution in [1.82, 2.24) is 19.9 Å². The molecule has 0 radical (unpaired) electrons. The van der Waals surface area contributed by atoms with E-state index in [2.05, 4.69) is 26.2 Å². The van der Waals surface area contributed by atoms with Gasteiger partial charge in [-0.05, 0) is 29.8 Å². The number of likely N-dealkylation sites (N-methyl/N-ethyl adjacent to an activating group) is 1. The molecule has 3 rings (SSSR count). The average molecular weight is 387 g/mol. The molecule has 0 atom stereocenters. The molecule has 3 aromatic rings. The highest BCUT2D eigenvalue weighted by Crippen LogP contribution is 2.12. The number of aromatic nitrogens is 3. The van der Waals surface area contributed by atoms with Crippen molar-refractivity contribution in [3.63, 3.8) is 0 Å². The SMILES string of the molecule is CN(Cc1ccc(Br)cc1)C(=O)Cn1nnc2ccccc2c1=O. The molecule has 24 heavy (non-hydrogen) atoms. The summed E-state index contributed by atoms with van der Waals surface area (Å²) in [6.07, 6.45) is 0. The predicted molar refractivity (Wildman–Crippen MR) is 94.4 cm³/mol. The van der Waals surface area contributed by atoms with E-state index < -0.39 is 0 Å². The van der Waals surface area contributed by atoms with Crippen LogP contribution in [0.25, 0.3) is 10.9 Å². The van der Waals surface area contributed by atoms with Gasteiger partial charge < -0.3 is 4.90 Å². The van der Waals surface area contributed by atoms with E-state index in [1.807, 2.05) is 24.3 Å².